The Morgan fingerprint density at radius 1 is 1.05 bits per heavy atom. The van der Waals surface area contributed by atoms with Crippen LogP contribution in [0.3, 0.4) is 0 Å². The SMILES string of the molecule is CN1CC2(CCN(c3ccc(C(F)(F)F)cc3)C2)C1. The highest BCUT2D eigenvalue weighted by Crippen LogP contribution is 2.40. The largest absolute Gasteiger partial charge is 0.416 e. The summed E-state index contributed by atoms with van der Waals surface area (Å²) in [5, 5.41) is 0. The lowest BCUT2D eigenvalue weighted by atomic mass is 9.79. The average Bonchev–Trinajstić information content (AvgIpc) is 2.73. The summed E-state index contributed by atoms with van der Waals surface area (Å²) in [6.07, 6.45) is -3.11. The third-order valence-electron chi connectivity index (χ3n) is 4.21. The molecule has 2 heterocycles. The number of anilines is 1. The van der Waals surface area contributed by atoms with Gasteiger partial charge < -0.3 is 9.80 Å². The molecule has 2 aliphatic heterocycles. The summed E-state index contributed by atoms with van der Waals surface area (Å²) in [6, 6.07) is 5.52. The van der Waals surface area contributed by atoms with Crippen molar-refractivity contribution in [3.05, 3.63) is 29.8 Å². The topological polar surface area (TPSA) is 6.48 Å². The zero-order valence-corrected chi connectivity index (χ0v) is 10.9. The molecule has 5 heteroatoms. The van der Waals surface area contributed by atoms with Crippen LogP contribution in [0.2, 0.25) is 0 Å². The maximum Gasteiger partial charge on any atom is 0.416 e. The third-order valence-corrected chi connectivity index (χ3v) is 4.21. The Bertz CT molecular complexity index is 461. The van der Waals surface area contributed by atoms with Gasteiger partial charge in [-0.25, -0.2) is 0 Å². The van der Waals surface area contributed by atoms with Crippen LogP contribution in [-0.2, 0) is 6.18 Å². The summed E-state index contributed by atoms with van der Waals surface area (Å²) in [5.74, 6) is 0. The van der Waals surface area contributed by atoms with E-state index in [4.69, 9.17) is 0 Å². The molecule has 0 N–H and O–H groups in total. The maximum atomic E-state index is 12.5. The fourth-order valence-electron chi connectivity index (χ4n) is 3.37. The van der Waals surface area contributed by atoms with Gasteiger partial charge in [-0.1, -0.05) is 0 Å². The van der Waals surface area contributed by atoms with Gasteiger partial charge in [0.05, 0.1) is 5.56 Å². The Kier molecular flexibility index (Phi) is 2.78. The number of alkyl halides is 3. The van der Waals surface area contributed by atoms with Crippen molar-refractivity contribution in [3.63, 3.8) is 0 Å². The van der Waals surface area contributed by atoms with Crippen molar-refractivity contribution in [3.8, 4) is 0 Å². The van der Waals surface area contributed by atoms with Crippen LogP contribution in [0.25, 0.3) is 0 Å². The minimum Gasteiger partial charge on any atom is -0.371 e. The Morgan fingerprint density at radius 3 is 2.21 bits per heavy atom. The Morgan fingerprint density at radius 2 is 1.68 bits per heavy atom. The molecule has 0 unspecified atom stereocenters. The van der Waals surface area contributed by atoms with Crippen molar-refractivity contribution in [1.29, 1.82) is 0 Å². The van der Waals surface area contributed by atoms with Crippen molar-refractivity contribution in [2.45, 2.75) is 12.6 Å². The third kappa shape index (κ3) is 2.31. The zero-order valence-electron chi connectivity index (χ0n) is 10.9. The van der Waals surface area contributed by atoms with Crippen LogP contribution in [0.15, 0.2) is 24.3 Å². The smallest absolute Gasteiger partial charge is 0.371 e. The fraction of sp³-hybridized carbons (Fsp3) is 0.571. The van der Waals surface area contributed by atoms with E-state index in [0.717, 1.165) is 38.3 Å². The van der Waals surface area contributed by atoms with Crippen LogP contribution >= 0.6 is 0 Å². The first-order valence-electron chi connectivity index (χ1n) is 6.49. The van der Waals surface area contributed by atoms with Gasteiger partial charge in [-0.3, -0.25) is 0 Å². The summed E-state index contributed by atoms with van der Waals surface area (Å²) in [4.78, 5) is 4.49. The molecule has 104 valence electrons. The van der Waals surface area contributed by atoms with Gasteiger partial charge in [0.2, 0.25) is 0 Å². The molecule has 2 saturated heterocycles. The van der Waals surface area contributed by atoms with E-state index in [9.17, 15) is 13.2 Å². The maximum absolute atomic E-state index is 12.5. The molecule has 0 bridgehead atoms. The molecule has 1 aromatic rings. The first kappa shape index (κ1) is 12.8. The van der Waals surface area contributed by atoms with Gasteiger partial charge >= 0.3 is 6.18 Å². The molecule has 0 atom stereocenters. The molecule has 1 aromatic carbocycles. The molecular weight excluding hydrogens is 253 g/mol. The minimum atomic E-state index is -4.25. The highest BCUT2D eigenvalue weighted by atomic mass is 19.4. The van der Waals surface area contributed by atoms with Crippen LogP contribution in [0, 0.1) is 5.41 Å². The molecule has 0 radical (unpaired) electrons. The second kappa shape index (κ2) is 4.13. The molecule has 2 aliphatic rings. The Hall–Kier alpha value is -1.23. The van der Waals surface area contributed by atoms with E-state index in [1.54, 1.807) is 12.1 Å². The van der Waals surface area contributed by atoms with Crippen LogP contribution in [0.5, 0.6) is 0 Å². The van der Waals surface area contributed by atoms with E-state index in [0.29, 0.717) is 5.41 Å². The van der Waals surface area contributed by atoms with E-state index >= 15 is 0 Å². The highest BCUT2D eigenvalue weighted by Gasteiger charge is 2.46. The fourth-order valence-corrected chi connectivity index (χ4v) is 3.37. The number of benzene rings is 1. The monoisotopic (exact) mass is 270 g/mol. The van der Waals surface area contributed by atoms with Gasteiger partial charge in [0.25, 0.3) is 0 Å². The summed E-state index contributed by atoms with van der Waals surface area (Å²) < 4.78 is 37.5. The van der Waals surface area contributed by atoms with Crippen molar-refractivity contribution in [1.82, 2.24) is 4.90 Å². The molecule has 3 rings (SSSR count). The van der Waals surface area contributed by atoms with Crippen molar-refractivity contribution < 1.29 is 13.2 Å². The molecule has 0 aliphatic carbocycles. The summed E-state index contributed by atoms with van der Waals surface area (Å²) >= 11 is 0. The average molecular weight is 270 g/mol. The molecule has 1 spiro atoms. The Labute approximate surface area is 110 Å². The number of hydrogen-bond donors (Lipinski definition) is 0. The molecule has 0 amide bonds. The van der Waals surface area contributed by atoms with Crippen LogP contribution < -0.4 is 4.90 Å². The molecule has 0 saturated carbocycles. The first-order valence-corrected chi connectivity index (χ1v) is 6.49. The van der Waals surface area contributed by atoms with E-state index < -0.39 is 11.7 Å². The molecule has 19 heavy (non-hydrogen) atoms. The van der Waals surface area contributed by atoms with Crippen molar-refractivity contribution in [2.24, 2.45) is 5.41 Å². The molecule has 2 fully saturated rings. The van der Waals surface area contributed by atoms with Crippen LogP contribution in [0.4, 0.5) is 18.9 Å². The van der Waals surface area contributed by atoms with Gasteiger partial charge in [-0.15, -0.1) is 0 Å². The van der Waals surface area contributed by atoms with Gasteiger partial charge in [0.15, 0.2) is 0 Å². The number of halogens is 3. The molecular formula is C14H17F3N2. The lowest BCUT2D eigenvalue weighted by Gasteiger charge is -2.46. The summed E-state index contributed by atoms with van der Waals surface area (Å²) in [5.41, 5.74) is 0.699. The number of rotatable bonds is 1. The second-order valence-corrected chi connectivity index (χ2v) is 5.89. The van der Waals surface area contributed by atoms with Gasteiger partial charge in [-0.05, 0) is 37.7 Å². The van der Waals surface area contributed by atoms with Gasteiger partial charge in [-0.2, -0.15) is 13.2 Å². The van der Waals surface area contributed by atoms with Crippen molar-refractivity contribution in [2.75, 3.05) is 38.1 Å². The summed E-state index contributed by atoms with van der Waals surface area (Å²) in [7, 11) is 2.10. The lowest BCUT2D eigenvalue weighted by molar-refractivity contribution is -0.137. The van der Waals surface area contributed by atoms with Gasteiger partial charge in [0, 0.05) is 37.3 Å². The number of likely N-dealkylation sites (tertiary alicyclic amines) is 1. The lowest BCUT2D eigenvalue weighted by Crippen LogP contribution is -2.55. The predicted octanol–water partition coefficient (Wildman–Crippen LogP) is 2.85. The normalized spacial score (nSPS) is 22.8. The van der Waals surface area contributed by atoms with E-state index in [1.807, 2.05) is 0 Å². The van der Waals surface area contributed by atoms with E-state index in [1.165, 1.54) is 12.1 Å². The number of hydrogen-bond acceptors (Lipinski definition) is 2. The standard InChI is InChI=1S/C14H17F3N2/c1-18-8-13(9-18)6-7-19(10-13)12-4-2-11(3-5-12)14(15,16)17/h2-5H,6-10H2,1H3. The van der Waals surface area contributed by atoms with E-state index in [2.05, 4.69) is 16.8 Å². The van der Waals surface area contributed by atoms with Crippen LogP contribution in [-0.4, -0.2) is 38.1 Å². The van der Waals surface area contributed by atoms with Crippen LogP contribution in [0.1, 0.15) is 12.0 Å². The quantitative estimate of drug-likeness (QED) is 0.774. The number of nitrogens with zero attached hydrogens (tertiary/aromatic N) is 2. The van der Waals surface area contributed by atoms with Gasteiger partial charge in [0.1, 0.15) is 0 Å². The van der Waals surface area contributed by atoms with E-state index in [-0.39, 0.29) is 0 Å². The zero-order chi connectivity index (χ0) is 13.7. The predicted molar refractivity (Wildman–Crippen MR) is 68.2 cm³/mol. The minimum absolute atomic E-state index is 0.372. The highest BCUT2D eigenvalue weighted by molar-refractivity contribution is 5.49. The second-order valence-electron chi connectivity index (χ2n) is 5.89. The molecule has 0 aromatic heterocycles. The first-order chi connectivity index (χ1) is 8.88. The summed E-state index contributed by atoms with van der Waals surface area (Å²) in [6.45, 7) is 4.11. The molecule has 2 nitrogen and oxygen atoms in total. The van der Waals surface area contributed by atoms with Crippen molar-refractivity contribution >= 4 is 5.69 Å². The Balaban J connectivity index is 1.71.